The third kappa shape index (κ3) is 4.72. The van der Waals surface area contributed by atoms with Crippen LogP contribution in [0, 0.1) is 11.7 Å². The Morgan fingerprint density at radius 3 is 2.73 bits per heavy atom. The second-order valence-electron chi connectivity index (χ2n) is 5.42. The van der Waals surface area contributed by atoms with Crippen molar-refractivity contribution in [3.05, 3.63) is 30.1 Å². The molecule has 0 radical (unpaired) electrons. The van der Waals surface area contributed by atoms with E-state index < -0.39 is 11.9 Å². The number of amides is 1. The van der Waals surface area contributed by atoms with E-state index in [1.807, 2.05) is 0 Å². The number of aliphatic carboxylic acids is 1. The number of ether oxygens (including phenoxy) is 1. The highest BCUT2D eigenvalue weighted by atomic mass is 19.1. The fraction of sp³-hybridized carbons (Fsp3) is 0.500. The first-order valence-corrected chi connectivity index (χ1v) is 7.45. The van der Waals surface area contributed by atoms with Gasteiger partial charge in [0, 0.05) is 19.5 Å². The predicted molar refractivity (Wildman–Crippen MR) is 78.1 cm³/mol. The van der Waals surface area contributed by atoms with Crippen LogP contribution in [0.5, 0.6) is 5.75 Å². The molecule has 120 valence electrons. The molecule has 0 bridgehead atoms. The lowest BCUT2D eigenvalue weighted by Gasteiger charge is -2.30. The zero-order valence-electron chi connectivity index (χ0n) is 12.3. The van der Waals surface area contributed by atoms with Crippen LogP contribution in [0.25, 0.3) is 0 Å². The van der Waals surface area contributed by atoms with Gasteiger partial charge in [0.05, 0.1) is 12.5 Å². The average molecular weight is 309 g/mol. The zero-order valence-corrected chi connectivity index (χ0v) is 12.3. The van der Waals surface area contributed by atoms with Crippen molar-refractivity contribution in [2.24, 2.45) is 5.92 Å². The van der Waals surface area contributed by atoms with E-state index in [2.05, 4.69) is 0 Å². The molecule has 1 saturated heterocycles. The molecule has 1 aliphatic heterocycles. The van der Waals surface area contributed by atoms with Crippen molar-refractivity contribution < 1.29 is 23.8 Å². The molecular weight excluding hydrogens is 289 g/mol. The molecule has 6 heteroatoms. The fourth-order valence-electron chi connectivity index (χ4n) is 2.51. The van der Waals surface area contributed by atoms with E-state index in [0.717, 1.165) is 6.42 Å². The molecule has 1 N–H and O–H groups in total. The first-order valence-electron chi connectivity index (χ1n) is 7.45. The Labute approximate surface area is 128 Å². The second-order valence-corrected chi connectivity index (χ2v) is 5.42. The summed E-state index contributed by atoms with van der Waals surface area (Å²) in [6.45, 7) is 1.29. The standard InChI is InChI=1S/C16H20FNO4/c17-13-5-7-14(8-6-13)22-10-2-4-15(19)18-9-1-3-12(11-18)16(20)21/h5-8,12H,1-4,9-11H2,(H,20,21)/t12-/m1/s1. The van der Waals surface area contributed by atoms with Crippen LogP contribution in [0.4, 0.5) is 4.39 Å². The van der Waals surface area contributed by atoms with Gasteiger partial charge >= 0.3 is 5.97 Å². The summed E-state index contributed by atoms with van der Waals surface area (Å²) in [6.07, 6.45) is 2.24. The number of carbonyl (C=O) groups excluding carboxylic acids is 1. The predicted octanol–water partition coefficient (Wildman–Crippen LogP) is 2.31. The van der Waals surface area contributed by atoms with Crippen molar-refractivity contribution >= 4 is 11.9 Å². The third-order valence-electron chi connectivity index (χ3n) is 3.74. The Balaban J connectivity index is 1.69. The summed E-state index contributed by atoms with van der Waals surface area (Å²) in [5.41, 5.74) is 0. The lowest BCUT2D eigenvalue weighted by Crippen LogP contribution is -2.42. The minimum Gasteiger partial charge on any atom is -0.494 e. The van der Waals surface area contributed by atoms with Crippen molar-refractivity contribution in [1.29, 1.82) is 0 Å². The molecule has 0 spiro atoms. The smallest absolute Gasteiger partial charge is 0.308 e. The van der Waals surface area contributed by atoms with Crippen molar-refractivity contribution in [3.8, 4) is 5.75 Å². The molecule has 0 aromatic heterocycles. The maximum Gasteiger partial charge on any atom is 0.308 e. The van der Waals surface area contributed by atoms with Gasteiger partial charge in [-0.3, -0.25) is 9.59 Å². The average Bonchev–Trinajstić information content (AvgIpc) is 2.53. The topological polar surface area (TPSA) is 66.8 Å². The molecule has 1 atom stereocenters. The number of nitrogens with zero attached hydrogens (tertiary/aromatic N) is 1. The van der Waals surface area contributed by atoms with Crippen LogP contribution in [0.2, 0.25) is 0 Å². The van der Waals surface area contributed by atoms with Gasteiger partial charge in [-0.2, -0.15) is 0 Å². The molecule has 0 unspecified atom stereocenters. The van der Waals surface area contributed by atoms with E-state index in [0.29, 0.717) is 44.7 Å². The van der Waals surface area contributed by atoms with Crippen LogP contribution in [0.1, 0.15) is 25.7 Å². The molecule has 1 aromatic rings. The number of hydrogen-bond acceptors (Lipinski definition) is 3. The lowest BCUT2D eigenvalue weighted by molar-refractivity contribution is -0.145. The lowest BCUT2D eigenvalue weighted by atomic mass is 9.98. The Bertz CT molecular complexity index is 517. The number of benzene rings is 1. The number of hydrogen-bond donors (Lipinski definition) is 1. The molecule has 2 rings (SSSR count). The normalized spacial score (nSPS) is 18.0. The Hall–Kier alpha value is -2.11. The zero-order chi connectivity index (χ0) is 15.9. The van der Waals surface area contributed by atoms with Gasteiger partial charge in [-0.1, -0.05) is 0 Å². The SMILES string of the molecule is O=C(O)[C@@H]1CCCN(C(=O)CCCOc2ccc(F)cc2)C1. The molecule has 1 aromatic carbocycles. The summed E-state index contributed by atoms with van der Waals surface area (Å²) in [5, 5.41) is 9.01. The molecular formula is C16H20FNO4. The second kappa shape index (κ2) is 7.77. The van der Waals surface area contributed by atoms with Gasteiger partial charge in [-0.25, -0.2) is 4.39 Å². The van der Waals surface area contributed by atoms with Gasteiger partial charge in [-0.15, -0.1) is 0 Å². The summed E-state index contributed by atoms with van der Waals surface area (Å²) in [6, 6.07) is 5.72. The number of piperidine rings is 1. The number of carboxylic acid groups (broad SMARTS) is 1. The highest BCUT2D eigenvalue weighted by Crippen LogP contribution is 2.18. The number of carboxylic acids is 1. The number of halogens is 1. The summed E-state index contributed by atoms with van der Waals surface area (Å²) in [7, 11) is 0. The monoisotopic (exact) mass is 309 g/mol. The van der Waals surface area contributed by atoms with E-state index in [9.17, 15) is 14.0 Å². The number of likely N-dealkylation sites (tertiary alicyclic amines) is 1. The van der Waals surface area contributed by atoms with E-state index in [-0.39, 0.29) is 11.7 Å². The van der Waals surface area contributed by atoms with Gasteiger partial charge in [0.2, 0.25) is 5.91 Å². The van der Waals surface area contributed by atoms with E-state index in [4.69, 9.17) is 9.84 Å². The van der Waals surface area contributed by atoms with E-state index >= 15 is 0 Å². The largest absolute Gasteiger partial charge is 0.494 e. The Morgan fingerprint density at radius 1 is 1.32 bits per heavy atom. The molecule has 0 saturated carbocycles. The molecule has 1 aliphatic rings. The number of carbonyl (C=O) groups is 2. The first-order chi connectivity index (χ1) is 10.6. The number of rotatable bonds is 6. The van der Waals surface area contributed by atoms with Gasteiger partial charge in [0.1, 0.15) is 11.6 Å². The van der Waals surface area contributed by atoms with Crippen molar-refractivity contribution in [1.82, 2.24) is 4.90 Å². The van der Waals surface area contributed by atoms with Crippen LogP contribution in [0.15, 0.2) is 24.3 Å². The molecule has 5 nitrogen and oxygen atoms in total. The highest BCUT2D eigenvalue weighted by molar-refractivity contribution is 5.78. The van der Waals surface area contributed by atoms with Crippen LogP contribution < -0.4 is 4.74 Å². The van der Waals surface area contributed by atoms with Crippen molar-refractivity contribution in [3.63, 3.8) is 0 Å². The molecule has 1 heterocycles. The van der Waals surface area contributed by atoms with Gasteiger partial charge < -0.3 is 14.7 Å². The Morgan fingerprint density at radius 2 is 2.05 bits per heavy atom. The van der Waals surface area contributed by atoms with Crippen molar-refractivity contribution in [2.75, 3.05) is 19.7 Å². The van der Waals surface area contributed by atoms with Crippen LogP contribution >= 0.6 is 0 Å². The van der Waals surface area contributed by atoms with Gasteiger partial charge in [0.15, 0.2) is 0 Å². The molecule has 22 heavy (non-hydrogen) atoms. The van der Waals surface area contributed by atoms with E-state index in [1.165, 1.54) is 12.1 Å². The third-order valence-corrected chi connectivity index (χ3v) is 3.74. The highest BCUT2D eigenvalue weighted by Gasteiger charge is 2.27. The minimum absolute atomic E-state index is 0.0337. The maximum atomic E-state index is 12.7. The summed E-state index contributed by atoms with van der Waals surface area (Å²) < 4.78 is 18.2. The van der Waals surface area contributed by atoms with Crippen LogP contribution in [0.3, 0.4) is 0 Å². The summed E-state index contributed by atoms with van der Waals surface area (Å²) in [5.74, 6) is -1.07. The molecule has 1 fully saturated rings. The minimum atomic E-state index is -0.836. The van der Waals surface area contributed by atoms with Gasteiger partial charge in [0.25, 0.3) is 0 Å². The maximum absolute atomic E-state index is 12.7. The molecule has 1 amide bonds. The Kier molecular flexibility index (Phi) is 5.75. The van der Waals surface area contributed by atoms with Crippen LogP contribution in [-0.4, -0.2) is 41.6 Å². The molecule has 0 aliphatic carbocycles. The quantitative estimate of drug-likeness (QED) is 0.819. The van der Waals surface area contributed by atoms with E-state index in [1.54, 1.807) is 17.0 Å². The van der Waals surface area contributed by atoms with Crippen molar-refractivity contribution in [2.45, 2.75) is 25.7 Å². The summed E-state index contributed by atoms with van der Waals surface area (Å²) >= 11 is 0. The first kappa shape index (κ1) is 16.3. The fourth-order valence-corrected chi connectivity index (χ4v) is 2.51. The summed E-state index contributed by atoms with van der Waals surface area (Å²) in [4.78, 5) is 24.7. The van der Waals surface area contributed by atoms with Gasteiger partial charge in [-0.05, 0) is 43.5 Å². The van der Waals surface area contributed by atoms with Crippen LogP contribution in [-0.2, 0) is 9.59 Å².